The molecule has 0 bridgehead atoms. The Labute approximate surface area is 332 Å². The minimum absolute atomic E-state index is 0.0104. The van der Waals surface area contributed by atoms with E-state index in [1.165, 1.54) is 26.0 Å². The van der Waals surface area contributed by atoms with Gasteiger partial charge < -0.3 is 51.3 Å². The van der Waals surface area contributed by atoms with Gasteiger partial charge in [0, 0.05) is 43.8 Å². The molecule has 7 N–H and O–H groups in total. The van der Waals surface area contributed by atoms with Crippen LogP contribution in [0.1, 0.15) is 65.4 Å². The van der Waals surface area contributed by atoms with E-state index in [-0.39, 0.29) is 88.5 Å². The lowest BCUT2D eigenvalue weighted by Crippen LogP contribution is -2.53. The van der Waals surface area contributed by atoms with Crippen LogP contribution in [-0.4, -0.2) is 123 Å². The molecule has 1 unspecified atom stereocenters. The number of unbranched alkanes of at least 4 members (excludes halogenated alkanes) is 2. The normalized spacial score (nSPS) is 13.0. The van der Waals surface area contributed by atoms with Crippen LogP contribution in [0.15, 0.2) is 36.4 Å². The number of nitrogens with one attached hydrogen (secondary N) is 5. The number of nitrogens with two attached hydrogens (primary N) is 1. The summed E-state index contributed by atoms with van der Waals surface area (Å²) in [7, 11) is 0. The lowest BCUT2D eigenvalue weighted by atomic mass is 10.0. The van der Waals surface area contributed by atoms with E-state index in [0.29, 0.717) is 50.3 Å². The number of hydrogen-bond acceptors (Lipinski definition) is 12. The smallest absolute Gasteiger partial charge is 0.407 e. The molecule has 57 heavy (non-hydrogen) atoms. The van der Waals surface area contributed by atoms with Gasteiger partial charge in [-0.2, -0.15) is 0 Å². The standard InChI is InChI=1S/C38H57N7O12/c1-26(2)34(43-29(46)8-6-5-7-17-45-32(49)13-14-33(45)50)35(51)41-24-31(48)42-28-11-9-27(10-12-28)25-57-37(53)40-16-19-55-21-23-56-22-20-54-18-15-30(47)44-38(3,4)36(39)52/h9-14,26,34H,5-8,15-25H2,1-4H3,(H2,39,52)(H,40,53)(H,41,51)(H,42,48)(H,43,46)(H,44,47). The number of benzene rings is 1. The van der Waals surface area contributed by atoms with Crippen molar-refractivity contribution in [2.24, 2.45) is 11.7 Å². The van der Waals surface area contributed by atoms with Gasteiger partial charge in [-0.05, 0) is 50.3 Å². The summed E-state index contributed by atoms with van der Waals surface area (Å²) in [4.78, 5) is 97.3. The molecule has 0 saturated carbocycles. The number of hydrogen-bond donors (Lipinski definition) is 6. The third-order valence-electron chi connectivity index (χ3n) is 8.28. The Balaban J connectivity index is 1.51. The van der Waals surface area contributed by atoms with Crippen molar-refractivity contribution in [1.82, 2.24) is 26.2 Å². The number of rotatable bonds is 28. The SMILES string of the molecule is CC(C)C(NC(=O)CCCCCN1C(=O)C=CC1=O)C(=O)NCC(=O)Nc1ccc(COC(=O)NCCOCCOCCOCCC(=O)NC(C)(C)C(N)=O)cc1. The van der Waals surface area contributed by atoms with E-state index in [2.05, 4.69) is 26.6 Å². The van der Waals surface area contributed by atoms with Gasteiger partial charge in [-0.1, -0.05) is 32.4 Å². The average molecular weight is 804 g/mol. The minimum Gasteiger partial charge on any atom is -0.445 e. The van der Waals surface area contributed by atoms with Gasteiger partial charge in [-0.3, -0.25) is 38.5 Å². The molecule has 8 amide bonds. The van der Waals surface area contributed by atoms with Crippen LogP contribution in [0.2, 0.25) is 0 Å². The molecule has 0 fully saturated rings. The summed E-state index contributed by atoms with van der Waals surface area (Å²) in [6.45, 7) is 8.36. The molecular formula is C38H57N7O12. The number of amides is 8. The van der Waals surface area contributed by atoms with Crippen molar-refractivity contribution in [1.29, 1.82) is 0 Å². The number of imide groups is 1. The summed E-state index contributed by atoms with van der Waals surface area (Å²) in [6.07, 6.45) is 3.78. The van der Waals surface area contributed by atoms with Crippen LogP contribution in [0.5, 0.6) is 0 Å². The van der Waals surface area contributed by atoms with Crippen LogP contribution in [-0.2, 0) is 59.1 Å². The van der Waals surface area contributed by atoms with E-state index < -0.39 is 35.4 Å². The third kappa shape index (κ3) is 19.8. The van der Waals surface area contributed by atoms with Gasteiger partial charge in [-0.25, -0.2) is 4.79 Å². The first-order chi connectivity index (χ1) is 27.1. The Morgan fingerprint density at radius 1 is 0.754 bits per heavy atom. The molecule has 316 valence electrons. The number of nitrogens with zero attached hydrogens (tertiary/aromatic N) is 1. The number of ether oxygens (including phenoxy) is 4. The first kappa shape index (κ1) is 47.8. The maximum Gasteiger partial charge on any atom is 0.407 e. The van der Waals surface area contributed by atoms with Crippen molar-refractivity contribution in [2.75, 3.05) is 64.6 Å². The Kier molecular flexibility index (Phi) is 21.5. The maximum absolute atomic E-state index is 12.8. The number of primary amides is 1. The van der Waals surface area contributed by atoms with Crippen LogP contribution in [0, 0.1) is 5.92 Å². The molecule has 1 aromatic rings. The maximum atomic E-state index is 12.8. The van der Waals surface area contributed by atoms with E-state index >= 15 is 0 Å². The molecular weight excluding hydrogens is 746 g/mol. The second-order valence-electron chi connectivity index (χ2n) is 13.9. The van der Waals surface area contributed by atoms with Crippen LogP contribution in [0.25, 0.3) is 0 Å². The molecule has 1 heterocycles. The predicted molar refractivity (Wildman–Crippen MR) is 206 cm³/mol. The summed E-state index contributed by atoms with van der Waals surface area (Å²) >= 11 is 0. The Hall–Kier alpha value is -5.40. The summed E-state index contributed by atoms with van der Waals surface area (Å²) in [5, 5.41) is 13.1. The fraction of sp³-hybridized carbons (Fsp3) is 0.579. The number of carbonyl (C=O) groups excluding carboxylic acids is 8. The zero-order valence-electron chi connectivity index (χ0n) is 33.1. The molecule has 2 rings (SSSR count). The lowest BCUT2D eigenvalue weighted by Gasteiger charge is -2.22. The Morgan fingerprint density at radius 3 is 1.98 bits per heavy atom. The molecule has 1 aromatic carbocycles. The summed E-state index contributed by atoms with van der Waals surface area (Å²) in [6, 6.07) is 5.76. The molecule has 0 aliphatic carbocycles. The van der Waals surface area contributed by atoms with E-state index in [0.717, 1.165) is 4.90 Å². The van der Waals surface area contributed by atoms with Gasteiger partial charge in [0.05, 0.1) is 46.2 Å². The fourth-order valence-corrected chi connectivity index (χ4v) is 4.94. The molecule has 0 aromatic heterocycles. The monoisotopic (exact) mass is 803 g/mol. The zero-order valence-corrected chi connectivity index (χ0v) is 33.1. The first-order valence-electron chi connectivity index (χ1n) is 18.8. The molecule has 1 atom stereocenters. The second-order valence-corrected chi connectivity index (χ2v) is 13.9. The highest BCUT2D eigenvalue weighted by molar-refractivity contribution is 6.12. The fourth-order valence-electron chi connectivity index (χ4n) is 4.94. The quantitative estimate of drug-likeness (QED) is 0.0497. The number of alkyl carbamates (subject to hydrolysis) is 1. The largest absolute Gasteiger partial charge is 0.445 e. The highest BCUT2D eigenvalue weighted by Crippen LogP contribution is 2.11. The first-order valence-corrected chi connectivity index (χ1v) is 18.8. The van der Waals surface area contributed by atoms with Crippen molar-refractivity contribution in [3.05, 3.63) is 42.0 Å². The minimum atomic E-state index is -1.13. The molecule has 0 radical (unpaired) electrons. The van der Waals surface area contributed by atoms with E-state index in [4.69, 9.17) is 24.7 Å². The van der Waals surface area contributed by atoms with Gasteiger partial charge in [0.15, 0.2) is 0 Å². The topological polar surface area (TPSA) is 263 Å². The van der Waals surface area contributed by atoms with Gasteiger partial charge >= 0.3 is 6.09 Å². The van der Waals surface area contributed by atoms with Crippen LogP contribution in [0.3, 0.4) is 0 Å². The van der Waals surface area contributed by atoms with Crippen molar-refractivity contribution in [2.45, 2.75) is 78.0 Å². The van der Waals surface area contributed by atoms with Crippen molar-refractivity contribution >= 4 is 53.1 Å². The highest BCUT2D eigenvalue weighted by Gasteiger charge is 2.27. The number of anilines is 1. The Bertz CT molecular complexity index is 1530. The van der Waals surface area contributed by atoms with Crippen molar-refractivity contribution in [3.63, 3.8) is 0 Å². The van der Waals surface area contributed by atoms with Crippen LogP contribution >= 0.6 is 0 Å². The molecule has 0 spiro atoms. The van der Waals surface area contributed by atoms with Gasteiger partial charge in [0.2, 0.25) is 29.5 Å². The van der Waals surface area contributed by atoms with E-state index in [1.54, 1.807) is 38.1 Å². The lowest BCUT2D eigenvalue weighted by molar-refractivity contribution is -0.137. The zero-order chi connectivity index (χ0) is 42.2. The van der Waals surface area contributed by atoms with E-state index in [9.17, 15) is 38.4 Å². The summed E-state index contributed by atoms with van der Waals surface area (Å²) < 4.78 is 21.3. The molecule has 0 saturated heterocycles. The van der Waals surface area contributed by atoms with Crippen molar-refractivity contribution < 1.29 is 57.3 Å². The van der Waals surface area contributed by atoms with Gasteiger partial charge in [-0.15, -0.1) is 0 Å². The molecule has 1 aliphatic rings. The van der Waals surface area contributed by atoms with Crippen molar-refractivity contribution in [3.8, 4) is 0 Å². The number of carbonyl (C=O) groups is 8. The van der Waals surface area contributed by atoms with Gasteiger partial charge in [0.25, 0.3) is 11.8 Å². The molecule has 1 aliphatic heterocycles. The Morgan fingerprint density at radius 2 is 1.37 bits per heavy atom. The van der Waals surface area contributed by atoms with Gasteiger partial charge in [0.1, 0.15) is 18.2 Å². The third-order valence-corrected chi connectivity index (χ3v) is 8.28. The average Bonchev–Trinajstić information content (AvgIpc) is 3.48. The van der Waals surface area contributed by atoms with Crippen LogP contribution < -0.4 is 32.3 Å². The molecule has 19 nitrogen and oxygen atoms in total. The molecule has 19 heteroatoms. The summed E-state index contributed by atoms with van der Waals surface area (Å²) in [5.41, 5.74) is 5.23. The van der Waals surface area contributed by atoms with E-state index in [1.807, 2.05) is 0 Å². The van der Waals surface area contributed by atoms with Crippen LogP contribution in [0.4, 0.5) is 10.5 Å². The second kappa shape index (κ2) is 25.7. The summed E-state index contributed by atoms with van der Waals surface area (Å²) in [5.74, 6) is -3.18. The highest BCUT2D eigenvalue weighted by atomic mass is 16.6. The predicted octanol–water partition coefficient (Wildman–Crippen LogP) is 0.414.